The fourth-order valence-corrected chi connectivity index (χ4v) is 6.02. The van der Waals surface area contributed by atoms with Crippen molar-refractivity contribution in [1.82, 2.24) is 14.9 Å². The number of methoxy groups -OCH3 is 2. The van der Waals surface area contributed by atoms with Crippen molar-refractivity contribution >= 4 is 55.6 Å². The number of nitrogens with one attached hydrogen (secondary N) is 1. The van der Waals surface area contributed by atoms with E-state index in [4.69, 9.17) is 19.9 Å². The van der Waals surface area contributed by atoms with Crippen LogP contribution < -0.4 is 15.8 Å². The van der Waals surface area contributed by atoms with Crippen LogP contribution in [0.4, 0.5) is 11.5 Å². The van der Waals surface area contributed by atoms with Crippen LogP contribution in [0.15, 0.2) is 52.9 Å². The Morgan fingerprint density at radius 1 is 1.20 bits per heavy atom. The van der Waals surface area contributed by atoms with E-state index in [0.29, 0.717) is 17.1 Å². The molecule has 4 aromatic rings. The normalized spacial score (nSPS) is 15.6. The first-order valence-electron chi connectivity index (χ1n) is 13.4. The van der Waals surface area contributed by atoms with Crippen LogP contribution in [0.25, 0.3) is 26.6 Å². The highest BCUT2D eigenvalue weighted by atomic mass is 32.1. The van der Waals surface area contributed by atoms with Crippen molar-refractivity contribution in [3.63, 3.8) is 0 Å². The highest BCUT2D eigenvalue weighted by Crippen LogP contribution is 2.37. The summed E-state index contributed by atoms with van der Waals surface area (Å²) in [6, 6.07) is 10.3. The first kappa shape index (κ1) is 27.8. The van der Waals surface area contributed by atoms with Gasteiger partial charge in [-0.2, -0.15) is 0 Å². The lowest BCUT2D eigenvalue weighted by Gasteiger charge is -2.32. The van der Waals surface area contributed by atoms with Crippen LogP contribution in [-0.4, -0.2) is 74.7 Å². The maximum absolute atomic E-state index is 6.73. The number of piperidine rings is 1. The maximum atomic E-state index is 6.73. The summed E-state index contributed by atoms with van der Waals surface area (Å²) in [5.74, 6) is 1.66. The third kappa shape index (κ3) is 6.04. The number of anilines is 2. The summed E-state index contributed by atoms with van der Waals surface area (Å²) in [4.78, 5) is 15.9. The van der Waals surface area contributed by atoms with Gasteiger partial charge in [0.25, 0.3) is 0 Å². The van der Waals surface area contributed by atoms with Gasteiger partial charge < -0.3 is 30.2 Å². The van der Waals surface area contributed by atoms with Crippen LogP contribution in [-0.2, 0) is 9.47 Å². The number of benzene rings is 2. The fraction of sp³-hybridized carbons (Fsp3) is 0.367. The van der Waals surface area contributed by atoms with Gasteiger partial charge in [-0.05, 0) is 65.9 Å². The minimum atomic E-state index is 0.0581. The molecular formula is C30H36N6O3S. The molecule has 0 radical (unpaired) electrons. The van der Waals surface area contributed by atoms with Gasteiger partial charge in [0, 0.05) is 50.4 Å². The Bertz CT molecular complexity index is 1540. The average Bonchev–Trinajstić information content (AvgIpc) is 3.34. The molecule has 1 aliphatic heterocycles. The second kappa shape index (κ2) is 12.6. The van der Waals surface area contributed by atoms with Crippen molar-refractivity contribution in [3.05, 3.63) is 59.0 Å². The smallest absolute Gasteiger partial charge is 0.193 e. The molecule has 0 amide bonds. The van der Waals surface area contributed by atoms with Gasteiger partial charge in [-0.1, -0.05) is 6.07 Å². The molecule has 3 N–H and O–H groups in total. The number of aryl methyl sites for hydroxylation is 1. The molecule has 2 aromatic heterocycles. The first-order valence-corrected chi connectivity index (χ1v) is 14.3. The van der Waals surface area contributed by atoms with Crippen molar-refractivity contribution in [1.29, 1.82) is 0 Å². The number of aromatic nitrogens is 2. The van der Waals surface area contributed by atoms with E-state index < -0.39 is 0 Å². The molecule has 0 atom stereocenters. The first-order chi connectivity index (χ1) is 19.5. The van der Waals surface area contributed by atoms with E-state index in [9.17, 15) is 0 Å². The van der Waals surface area contributed by atoms with Gasteiger partial charge in [-0.15, -0.1) is 11.3 Å². The number of hydrogen-bond donors (Lipinski definition) is 2. The molecule has 5 rings (SSSR count). The topological polar surface area (TPSA) is 107 Å². The van der Waals surface area contributed by atoms with E-state index in [1.807, 2.05) is 12.1 Å². The molecule has 0 unspecified atom stereocenters. The van der Waals surface area contributed by atoms with Gasteiger partial charge in [0.05, 0.1) is 30.2 Å². The summed E-state index contributed by atoms with van der Waals surface area (Å²) in [5, 5.41) is 7.79. The molecule has 1 saturated heterocycles. The average molecular weight is 561 g/mol. The molecule has 0 spiro atoms. The summed E-state index contributed by atoms with van der Waals surface area (Å²) in [7, 11) is 4.99. The monoisotopic (exact) mass is 560 g/mol. The van der Waals surface area contributed by atoms with Crippen molar-refractivity contribution in [2.45, 2.75) is 25.9 Å². The van der Waals surface area contributed by atoms with Gasteiger partial charge in [-0.3, -0.25) is 4.99 Å². The van der Waals surface area contributed by atoms with Crippen molar-refractivity contribution < 1.29 is 14.2 Å². The number of rotatable bonds is 10. The molecule has 40 heavy (non-hydrogen) atoms. The van der Waals surface area contributed by atoms with E-state index >= 15 is 0 Å². The van der Waals surface area contributed by atoms with Crippen LogP contribution >= 0.6 is 11.3 Å². The molecule has 3 heterocycles. The predicted molar refractivity (Wildman–Crippen MR) is 164 cm³/mol. The number of nitrogens with two attached hydrogens (primary N) is 1. The van der Waals surface area contributed by atoms with Gasteiger partial charge in [0.15, 0.2) is 5.88 Å². The summed E-state index contributed by atoms with van der Waals surface area (Å²) < 4.78 is 18.6. The zero-order chi connectivity index (χ0) is 28.1. The van der Waals surface area contributed by atoms with Crippen LogP contribution in [0.1, 0.15) is 24.0 Å². The van der Waals surface area contributed by atoms with Crippen molar-refractivity contribution in [2.75, 3.05) is 52.8 Å². The van der Waals surface area contributed by atoms with E-state index in [0.717, 1.165) is 61.2 Å². The second-order valence-electron chi connectivity index (χ2n) is 9.87. The number of allylic oxidation sites excluding steroid dienone is 1. The molecule has 0 saturated carbocycles. The number of fused-ring (bicyclic) bond motifs is 2. The molecule has 210 valence electrons. The third-order valence-electron chi connectivity index (χ3n) is 7.23. The van der Waals surface area contributed by atoms with Gasteiger partial charge >= 0.3 is 0 Å². The van der Waals surface area contributed by atoms with E-state index in [2.05, 4.69) is 55.7 Å². The largest absolute Gasteiger partial charge is 0.489 e. The Morgan fingerprint density at radius 3 is 2.77 bits per heavy atom. The summed E-state index contributed by atoms with van der Waals surface area (Å²) >= 11 is 1.74. The number of hydrogen-bond acceptors (Lipinski definition) is 10. The number of thiophene rings is 1. The Morgan fingerprint density at radius 2 is 2.02 bits per heavy atom. The number of aliphatic imine (C=N–C) groups is 1. The maximum Gasteiger partial charge on any atom is 0.193 e. The van der Waals surface area contributed by atoms with E-state index in [1.54, 1.807) is 45.1 Å². The SMILES string of the molecule is CN=C/C(=C(\N)OC)c1cc(OC2CCN(CCOC)CC2)c2c(Nc3ccc4c(C)csc4c3)ncnc2c1. The zero-order valence-electron chi connectivity index (χ0n) is 23.4. The Kier molecular flexibility index (Phi) is 8.78. The number of ether oxygens (including phenoxy) is 3. The van der Waals surface area contributed by atoms with E-state index in [1.165, 1.54) is 15.6 Å². The molecule has 0 bridgehead atoms. The molecule has 1 fully saturated rings. The lowest BCUT2D eigenvalue weighted by molar-refractivity contribution is 0.0805. The van der Waals surface area contributed by atoms with Crippen LogP contribution in [0.5, 0.6) is 5.75 Å². The lowest BCUT2D eigenvalue weighted by Crippen LogP contribution is -2.39. The number of nitrogens with zero attached hydrogens (tertiary/aromatic N) is 4. The molecule has 2 aromatic carbocycles. The fourth-order valence-electron chi connectivity index (χ4n) is 5.04. The van der Waals surface area contributed by atoms with Crippen molar-refractivity contribution in [3.8, 4) is 5.75 Å². The Balaban J connectivity index is 1.54. The highest BCUT2D eigenvalue weighted by molar-refractivity contribution is 7.17. The van der Waals surface area contributed by atoms with E-state index in [-0.39, 0.29) is 12.0 Å². The standard InChI is InChI=1S/C30H36N6O3S/c1-19-17-40-27-15-21(5-6-23(19)27)35-30-28-25(33-18-34-30)13-20(24(16-32-2)29(31)38-4)14-26(28)39-22-7-9-36(10-8-22)11-12-37-3/h5-6,13-18,22H,7-12,31H2,1-4H3,(H,33,34,35)/b29-24-,32-16?. The Labute approximate surface area is 238 Å². The quantitative estimate of drug-likeness (QED) is 0.197. The van der Waals surface area contributed by atoms with Gasteiger partial charge in [0.2, 0.25) is 0 Å². The van der Waals surface area contributed by atoms with Crippen LogP contribution in [0, 0.1) is 6.92 Å². The lowest BCUT2D eigenvalue weighted by atomic mass is 10.0. The number of likely N-dealkylation sites (tertiary alicyclic amines) is 1. The third-order valence-corrected chi connectivity index (χ3v) is 8.29. The predicted octanol–water partition coefficient (Wildman–Crippen LogP) is 5.36. The second-order valence-corrected chi connectivity index (χ2v) is 10.8. The summed E-state index contributed by atoms with van der Waals surface area (Å²) in [6.07, 6.45) is 5.15. The van der Waals surface area contributed by atoms with Gasteiger partial charge in [-0.25, -0.2) is 9.97 Å². The molecular weight excluding hydrogens is 524 g/mol. The van der Waals surface area contributed by atoms with Gasteiger partial charge in [0.1, 0.15) is 24.0 Å². The molecule has 0 aliphatic carbocycles. The van der Waals surface area contributed by atoms with Crippen LogP contribution in [0.3, 0.4) is 0 Å². The Hall–Kier alpha value is -3.73. The molecule has 9 nitrogen and oxygen atoms in total. The minimum Gasteiger partial charge on any atom is -0.489 e. The summed E-state index contributed by atoms with van der Waals surface area (Å²) in [5.41, 5.74) is 10.7. The molecule has 10 heteroatoms. The highest BCUT2D eigenvalue weighted by Gasteiger charge is 2.23. The van der Waals surface area contributed by atoms with Crippen LogP contribution in [0.2, 0.25) is 0 Å². The molecule has 1 aliphatic rings. The van der Waals surface area contributed by atoms with Crippen molar-refractivity contribution in [2.24, 2.45) is 10.7 Å². The summed E-state index contributed by atoms with van der Waals surface area (Å²) in [6.45, 7) is 5.71. The minimum absolute atomic E-state index is 0.0581. The zero-order valence-corrected chi connectivity index (χ0v) is 24.3.